The minimum absolute atomic E-state index is 0.184. The summed E-state index contributed by atoms with van der Waals surface area (Å²) in [6.07, 6.45) is 3.17. The first kappa shape index (κ1) is 15.3. The van der Waals surface area contributed by atoms with E-state index in [1.807, 2.05) is 6.07 Å². The molecular weight excluding hydrogens is 328 g/mol. The van der Waals surface area contributed by atoms with Crippen molar-refractivity contribution in [3.05, 3.63) is 65.5 Å². The van der Waals surface area contributed by atoms with Gasteiger partial charge in [0.2, 0.25) is 0 Å². The van der Waals surface area contributed by atoms with Gasteiger partial charge in [0.05, 0.1) is 5.69 Å². The van der Waals surface area contributed by atoms with Crippen molar-refractivity contribution in [2.24, 2.45) is 0 Å². The van der Waals surface area contributed by atoms with Crippen LogP contribution in [-0.2, 0) is 5.75 Å². The maximum absolute atomic E-state index is 14.2. The molecule has 114 valence electrons. The molecule has 0 fully saturated rings. The first-order valence-electron chi connectivity index (χ1n) is 6.59. The molecule has 0 N–H and O–H groups in total. The maximum atomic E-state index is 14.2. The molecule has 0 saturated carbocycles. The van der Waals surface area contributed by atoms with Gasteiger partial charge in [-0.15, -0.1) is 23.4 Å². The minimum atomic E-state index is -0.943. The average Bonchev–Trinajstić information content (AvgIpc) is 2.68. The SMILES string of the molecule is C=CCOc1cc(F)c(F)c2c1C(Cl)c1ncccc1SC2. The average molecular weight is 340 g/mol. The zero-order valence-corrected chi connectivity index (χ0v) is 13.1. The van der Waals surface area contributed by atoms with E-state index in [0.717, 1.165) is 11.0 Å². The molecule has 1 aromatic heterocycles. The highest BCUT2D eigenvalue weighted by atomic mass is 35.5. The molecule has 2 heterocycles. The minimum Gasteiger partial charge on any atom is -0.489 e. The Labute approximate surface area is 136 Å². The van der Waals surface area contributed by atoms with Crippen molar-refractivity contribution in [2.75, 3.05) is 6.61 Å². The van der Waals surface area contributed by atoms with Crippen LogP contribution in [0.15, 0.2) is 41.9 Å². The number of pyridine rings is 1. The lowest BCUT2D eigenvalue weighted by Crippen LogP contribution is -2.07. The van der Waals surface area contributed by atoms with Gasteiger partial charge >= 0.3 is 0 Å². The Balaban J connectivity index is 2.20. The first-order chi connectivity index (χ1) is 10.6. The quantitative estimate of drug-likeness (QED) is 0.589. The summed E-state index contributed by atoms with van der Waals surface area (Å²) in [5.41, 5.74) is 1.29. The summed E-state index contributed by atoms with van der Waals surface area (Å²) >= 11 is 7.90. The van der Waals surface area contributed by atoms with Crippen LogP contribution in [0, 0.1) is 11.6 Å². The van der Waals surface area contributed by atoms with Crippen molar-refractivity contribution in [1.29, 1.82) is 0 Å². The molecule has 6 heteroatoms. The van der Waals surface area contributed by atoms with Crippen LogP contribution in [0.25, 0.3) is 0 Å². The molecule has 2 aromatic rings. The largest absolute Gasteiger partial charge is 0.489 e. The number of hydrogen-bond acceptors (Lipinski definition) is 3. The third-order valence-corrected chi connectivity index (χ3v) is 4.86. The van der Waals surface area contributed by atoms with Crippen LogP contribution >= 0.6 is 23.4 Å². The molecule has 0 saturated heterocycles. The number of aromatic nitrogens is 1. The molecule has 0 bridgehead atoms. The van der Waals surface area contributed by atoms with Crippen molar-refractivity contribution < 1.29 is 13.5 Å². The van der Waals surface area contributed by atoms with Crippen LogP contribution in [-0.4, -0.2) is 11.6 Å². The van der Waals surface area contributed by atoms with E-state index in [2.05, 4.69) is 11.6 Å². The third-order valence-electron chi connectivity index (χ3n) is 3.34. The van der Waals surface area contributed by atoms with E-state index in [1.165, 1.54) is 17.8 Å². The second-order valence-electron chi connectivity index (χ2n) is 4.70. The van der Waals surface area contributed by atoms with Crippen molar-refractivity contribution >= 4 is 23.4 Å². The fourth-order valence-electron chi connectivity index (χ4n) is 2.36. The Morgan fingerprint density at radius 1 is 1.50 bits per heavy atom. The Bertz CT molecular complexity index is 738. The monoisotopic (exact) mass is 339 g/mol. The summed E-state index contributed by atoms with van der Waals surface area (Å²) in [6.45, 7) is 3.74. The molecule has 1 aliphatic rings. The molecule has 1 aromatic carbocycles. The van der Waals surface area contributed by atoms with E-state index in [-0.39, 0.29) is 23.7 Å². The van der Waals surface area contributed by atoms with Crippen molar-refractivity contribution in [3.8, 4) is 5.75 Å². The number of alkyl halides is 1. The van der Waals surface area contributed by atoms with E-state index < -0.39 is 17.0 Å². The van der Waals surface area contributed by atoms with Crippen LogP contribution in [0.2, 0.25) is 0 Å². The molecule has 3 rings (SSSR count). The first-order valence-corrected chi connectivity index (χ1v) is 8.02. The van der Waals surface area contributed by atoms with Crippen LogP contribution < -0.4 is 4.74 Å². The van der Waals surface area contributed by atoms with Gasteiger partial charge in [-0.2, -0.15) is 0 Å². The van der Waals surface area contributed by atoms with Gasteiger partial charge in [-0.3, -0.25) is 4.98 Å². The Kier molecular flexibility index (Phi) is 4.36. The van der Waals surface area contributed by atoms with Crippen LogP contribution in [0.1, 0.15) is 22.2 Å². The summed E-state index contributed by atoms with van der Waals surface area (Å²) in [5.74, 6) is -1.33. The maximum Gasteiger partial charge on any atom is 0.163 e. The van der Waals surface area contributed by atoms with E-state index in [0.29, 0.717) is 11.3 Å². The van der Waals surface area contributed by atoms with E-state index >= 15 is 0 Å². The Hall–Kier alpha value is -1.59. The fourth-order valence-corrected chi connectivity index (χ4v) is 3.91. The highest BCUT2D eigenvalue weighted by Crippen LogP contribution is 2.46. The van der Waals surface area contributed by atoms with Crippen molar-refractivity contribution in [1.82, 2.24) is 4.98 Å². The highest BCUT2D eigenvalue weighted by Gasteiger charge is 2.30. The van der Waals surface area contributed by atoms with E-state index in [4.69, 9.17) is 16.3 Å². The second kappa shape index (κ2) is 6.26. The van der Waals surface area contributed by atoms with Gasteiger partial charge in [0.1, 0.15) is 17.7 Å². The fraction of sp³-hybridized carbons (Fsp3) is 0.188. The summed E-state index contributed by atoms with van der Waals surface area (Å²) in [5, 5.41) is -0.698. The van der Waals surface area contributed by atoms with Crippen LogP contribution in [0.3, 0.4) is 0 Å². The van der Waals surface area contributed by atoms with Gasteiger partial charge in [0.15, 0.2) is 11.6 Å². The lowest BCUT2D eigenvalue weighted by molar-refractivity contribution is 0.353. The number of fused-ring (bicyclic) bond motifs is 2. The molecule has 0 radical (unpaired) electrons. The molecule has 0 amide bonds. The van der Waals surface area contributed by atoms with E-state index in [1.54, 1.807) is 12.3 Å². The molecule has 2 nitrogen and oxygen atoms in total. The third kappa shape index (κ3) is 2.59. The molecular formula is C16H12ClF2NOS. The topological polar surface area (TPSA) is 22.1 Å². The standard InChI is InChI=1S/C16H12ClF2NOS/c1-2-6-21-11-7-10(18)15(19)9-8-22-12-4-3-5-20-16(12)14(17)13(9)11/h2-5,7,14H,1,6,8H2. The lowest BCUT2D eigenvalue weighted by atomic mass is 10.0. The number of rotatable bonds is 3. The van der Waals surface area contributed by atoms with Crippen LogP contribution in [0.4, 0.5) is 8.78 Å². The lowest BCUT2D eigenvalue weighted by Gasteiger charge is -2.17. The Morgan fingerprint density at radius 3 is 3.09 bits per heavy atom. The van der Waals surface area contributed by atoms with Crippen molar-refractivity contribution in [2.45, 2.75) is 16.0 Å². The molecule has 1 atom stereocenters. The van der Waals surface area contributed by atoms with Gasteiger partial charge in [0.25, 0.3) is 0 Å². The van der Waals surface area contributed by atoms with Crippen LogP contribution in [0.5, 0.6) is 5.75 Å². The summed E-state index contributed by atoms with van der Waals surface area (Å²) in [7, 11) is 0. The van der Waals surface area contributed by atoms with Gasteiger partial charge in [-0.05, 0) is 12.1 Å². The zero-order valence-electron chi connectivity index (χ0n) is 11.5. The number of halogens is 3. The van der Waals surface area contributed by atoms with E-state index in [9.17, 15) is 8.78 Å². The summed E-state index contributed by atoms with van der Waals surface area (Å²) in [6, 6.07) is 4.69. The normalized spacial score (nSPS) is 16.4. The smallest absolute Gasteiger partial charge is 0.163 e. The number of hydrogen-bond donors (Lipinski definition) is 0. The zero-order chi connectivity index (χ0) is 15.7. The highest BCUT2D eigenvalue weighted by molar-refractivity contribution is 7.98. The summed E-state index contributed by atoms with van der Waals surface area (Å²) < 4.78 is 33.5. The number of benzene rings is 1. The van der Waals surface area contributed by atoms with Gasteiger partial charge < -0.3 is 4.74 Å². The summed E-state index contributed by atoms with van der Waals surface area (Å²) in [4.78, 5) is 5.14. The number of ether oxygens (including phenoxy) is 1. The van der Waals surface area contributed by atoms with Crippen molar-refractivity contribution in [3.63, 3.8) is 0 Å². The molecule has 22 heavy (non-hydrogen) atoms. The number of thioether (sulfide) groups is 1. The molecule has 1 aliphatic heterocycles. The predicted octanol–water partition coefficient (Wildman–Crippen LogP) is 4.86. The molecule has 0 aliphatic carbocycles. The van der Waals surface area contributed by atoms with Gasteiger partial charge in [-0.1, -0.05) is 12.7 Å². The van der Waals surface area contributed by atoms with Gasteiger partial charge in [-0.25, -0.2) is 8.78 Å². The molecule has 1 unspecified atom stereocenters. The number of nitrogens with zero attached hydrogens (tertiary/aromatic N) is 1. The Morgan fingerprint density at radius 2 is 2.32 bits per heavy atom. The molecule has 0 spiro atoms. The predicted molar refractivity (Wildman–Crippen MR) is 83.5 cm³/mol. The van der Waals surface area contributed by atoms with Gasteiger partial charge in [0, 0.05) is 34.0 Å². The second-order valence-corrected chi connectivity index (χ2v) is 6.15.